The number of aromatic carboxylic acids is 1. The van der Waals surface area contributed by atoms with Crippen molar-refractivity contribution in [2.75, 3.05) is 24.7 Å². The molecule has 0 aromatic heterocycles. The molecule has 200 valence electrons. The van der Waals surface area contributed by atoms with Crippen LogP contribution in [0.1, 0.15) is 37.6 Å². The summed E-state index contributed by atoms with van der Waals surface area (Å²) in [5.74, 6) is -2.79. The van der Waals surface area contributed by atoms with Crippen LogP contribution in [-0.2, 0) is 24.2 Å². The summed E-state index contributed by atoms with van der Waals surface area (Å²) in [5.41, 5.74) is -0.589. The number of anilines is 1. The van der Waals surface area contributed by atoms with Crippen LogP contribution in [0.3, 0.4) is 0 Å². The van der Waals surface area contributed by atoms with E-state index < -0.39 is 51.8 Å². The number of hydrogen-bond donors (Lipinski definition) is 3. The Kier molecular flexibility index (Phi) is 9.78. The molecule has 0 aliphatic heterocycles. The van der Waals surface area contributed by atoms with E-state index in [9.17, 15) is 27.6 Å². The van der Waals surface area contributed by atoms with E-state index in [2.05, 4.69) is 10.6 Å². The Morgan fingerprint density at radius 3 is 2.14 bits per heavy atom. The van der Waals surface area contributed by atoms with Gasteiger partial charge in [-0.15, -0.1) is 0 Å². The molecule has 3 amide bonds. The molecule has 3 N–H and O–H groups in total. The Morgan fingerprint density at radius 2 is 1.59 bits per heavy atom. The molecule has 0 saturated carbocycles. The molecule has 2 aromatic carbocycles. The van der Waals surface area contributed by atoms with E-state index in [0.29, 0.717) is 0 Å². The largest absolute Gasteiger partial charge is 0.478 e. The van der Waals surface area contributed by atoms with Crippen LogP contribution in [0.25, 0.3) is 0 Å². The first-order valence-electron chi connectivity index (χ1n) is 11.3. The SMILES string of the molecule is CN(CCS(=O)(=O)c1ccccc1)C(=O)CC(NC(=O)OC(C)(C)C)C(=O)Nc1ccc(C(=O)O)cc1. The van der Waals surface area contributed by atoms with E-state index in [1.165, 1.54) is 48.3 Å². The molecule has 0 aliphatic rings. The van der Waals surface area contributed by atoms with Crippen molar-refractivity contribution in [2.45, 2.75) is 43.7 Å². The van der Waals surface area contributed by atoms with Crippen molar-refractivity contribution >= 4 is 39.4 Å². The van der Waals surface area contributed by atoms with Crippen LogP contribution in [0.4, 0.5) is 10.5 Å². The molecule has 0 bridgehead atoms. The summed E-state index contributed by atoms with van der Waals surface area (Å²) < 4.78 is 30.2. The highest BCUT2D eigenvalue weighted by Crippen LogP contribution is 2.13. The molecule has 0 heterocycles. The van der Waals surface area contributed by atoms with Crippen LogP contribution in [0.2, 0.25) is 0 Å². The predicted molar refractivity (Wildman–Crippen MR) is 136 cm³/mol. The van der Waals surface area contributed by atoms with Gasteiger partial charge in [-0.05, 0) is 57.2 Å². The number of ether oxygens (including phenoxy) is 1. The highest BCUT2D eigenvalue weighted by atomic mass is 32.2. The van der Waals surface area contributed by atoms with Gasteiger partial charge >= 0.3 is 12.1 Å². The molecule has 0 radical (unpaired) electrons. The first kappa shape index (κ1) is 29.3. The van der Waals surface area contributed by atoms with Crippen molar-refractivity contribution in [3.05, 3.63) is 60.2 Å². The number of nitrogens with zero attached hydrogens (tertiary/aromatic N) is 1. The Morgan fingerprint density at radius 1 is 1.00 bits per heavy atom. The molecule has 0 spiro atoms. The molecule has 2 rings (SSSR count). The van der Waals surface area contributed by atoms with Crippen molar-refractivity contribution < 1.29 is 37.4 Å². The van der Waals surface area contributed by atoms with Crippen molar-refractivity contribution in [3.63, 3.8) is 0 Å². The summed E-state index contributed by atoms with van der Waals surface area (Å²) in [4.78, 5) is 50.4. The first-order chi connectivity index (χ1) is 17.2. The van der Waals surface area contributed by atoms with E-state index >= 15 is 0 Å². The lowest BCUT2D eigenvalue weighted by Gasteiger charge is -2.24. The Labute approximate surface area is 215 Å². The second-order valence-corrected chi connectivity index (χ2v) is 11.3. The fourth-order valence-corrected chi connectivity index (χ4v) is 4.36. The molecule has 11 nitrogen and oxygen atoms in total. The number of carbonyl (C=O) groups is 4. The fourth-order valence-electron chi connectivity index (χ4n) is 3.04. The molecule has 12 heteroatoms. The minimum Gasteiger partial charge on any atom is -0.478 e. The zero-order valence-electron chi connectivity index (χ0n) is 21.1. The lowest BCUT2D eigenvalue weighted by atomic mass is 10.1. The highest BCUT2D eigenvalue weighted by molar-refractivity contribution is 7.91. The zero-order chi connectivity index (χ0) is 27.8. The second kappa shape index (κ2) is 12.3. The molecule has 0 fully saturated rings. The van der Waals surface area contributed by atoms with Gasteiger partial charge in [0.2, 0.25) is 11.8 Å². The van der Waals surface area contributed by atoms with Crippen LogP contribution >= 0.6 is 0 Å². The maximum atomic E-state index is 12.9. The lowest BCUT2D eigenvalue weighted by Crippen LogP contribution is -2.48. The quantitative estimate of drug-likeness (QED) is 0.420. The molecule has 0 saturated heterocycles. The smallest absolute Gasteiger partial charge is 0.408 e. The van der Waals surface area contributed by atoms with E-state index in [1.54, 1.807) is 39.0 Å². The summed E-state index contributed by atoms with van der Waals surface area (Å²) in [6.07, 6.45) is -1.39. The number of carbonyl (C=O) groups excluding carboxylic acids is 3. The molecule has 37 heavy (non-hydrogen) atoms. The molecule has 2 aromatic rings. The number of amides is 3. The topological polar surface area (TPSA) is 159 Å². The van der Waals surface area contributed by atoms with Gasteiger partial charge in [0, 0.05) is 19.3 Å². The molecule has 1 atom stereocenters. The van der Waals surface area contributed by atoms with Gasteiger partial charge in [0.25, 0.3) is 0 Å². The molecule has 1 unspecified atom stereocenters. The van der Waals surface area contributed by atoms with Crippen LogP contribution < -0.4 is 10.6 Å². The van der Waals surface area contributed by atoms with Crippen molar-refractivity contribution in [1.82, 2.24) is 10.2 Å². The minimum absolute atomic E-state index is 0.0173. The summed E-state index contributed by atoms with van der Waals surface area (Å²) in [7, 11) is -2.23. The highest BCUT2D eigenvalue weighted by Gasteiger charge is 2.28. The maximum Gasteiger partial charge on any atom is 0.408 e. The first-order valence-corrected chi connectivity index (χ1v) is 13.0. The fraction of sp³-hybridized carbons (Fsp3) is 0.360. The molecule has 0 aliphatic carbocycles. The van der Waals surface area contributed by atoms with Crippen molar-refractivity contribution in [2.24, 2.45) is 0 Å². The van der Waals surface area contributed by atoms with Gasteiger partial charge in [-0.3, -0.25) is 9.59 Å². The Bertz CT molecular complexity index is 1220. The average molecular weight is 534 g/mol. The van der Waals surface area contributed by atoms with Gasteiger partial charge in [0.05, 0.1) is 22.6 Å². The van der Waals surface area contributed by atoms with Crippen LogP contribution in [0.5, 0.6) is 0 Å². The third kappa shape index (κ3) is 9.56. The van der Waals surface area contributed by atoms with E-state index in [0.717, 1.165) is 0 Å². The van der Waals surface area contributed by atoms with E-state index in [1.807, 2.05) is 0 Å². The van der Waals surface area contributed by atoms with Crippen LogP contribution in [-0.4, -0.2) is 73.3 Å². The van der Waals surface area contributed by atoms with Gasteiger partial charge in [-0.1, -0.05) is 18.2 Å². The minimum atomic E-state index is -3.63. The van der Waals surface area contributed by atoms with Crippen molar-refractivity contribution in [3.8, 4) is 0 Å². The van der Waals surface area contributed by atoms with Gasteiger partial charge in [-0.2, -0.15) is 0 Å². The number of carboxylic acids is 1. The predicted octanol–water partition coefficient (Wildman–Crippen LogP) is 2.54. The summed E-state index contributed by atoms with van der Waals surface area (Å²) in [6, 6.07) is 11.8. The number of hydrogen-bond acceptors (Lipinski definition) is 7. The average Bonchev–Trinajstić information content (AvgIpc) is 2.81. The van der Waals surface area contributed by atoms with Crippen LogP contribution in [0.15, 0.2) is 59.5 Å². The molecular weight excluding hydrogens is 502 g/mol. The van der Waals surface area contributed by atoms with Crippen LogP contribution in [0, 0.1) is 0 Å². The number of carboxylic acid groups (broad SMARTS) is 1. The Hall–Kier alpha value is -3.93. The number of rotatable bonds is 10. The van der Waals surface area contributed by atoms with E-state index in [-0.39, 0.29) is 28.4 Å². The summed E-state index contributed by atoms with van der Waals surface area (Å²) in [6.45, 7) is 4.78. The number of alkyl carbamates (subject to hydrolysis) is 1. The number of nitrogens with one attached hydrogen (secondary N) is 2. The summed E-state index contributed by atoms with van der Waals surface area (Å²) in [5, 5.41) is 13.9. The van der Waals surface area contributed by atoms with Crippen molar-refractivity contribution in [1.29, 1.82) is 0 Å². The van der Waals surface area contributed by atoms with Gasteiger partial charge < -0.3 is 25.4 Å². The zero-order valence-corrected chi connectivity index (χ0v) is 21.9. The van der Waals surface area contributed by atoms with Gasteiger partial charge in [-0.25, -0.2) is 18.0 Å². The van der Waals surface area contributed by atoms with Gasteiger partial charge in [0.15, 0.2) is 9.84 Å². The second-order valence-electron chi connectivity index (χ2n) is 9.22. The Balaban J connectivity index is 2.11. The monoisotopic (exact) mass is 533 g/mol. The van der Waals surface area contributed by atoms with Gasteiger partial charge in [0.1, 0.15) is 11.6 Å². The normalized spacial score (nSPS) is 12.2. The third-order valence-corrected chi connectivity index (χ3v) is 6.72. The third-order valence-electron chi connectivity index (χ3n) is 5.01. The standard InChI is InChI=1S/C25H31N3O8S/c1-25(2,3)36-24(33)27-20(22(30)26-18-12-10-17(11-13-18)23(31)32)16-21(29)28(4)14-15-37(34,35)19-8-6-5-7-9-19/h5-13,20H,14-16H2,1-4H3,(H,26,30)(H,27,33)(H,31,32). The lowest BCUT2D eigenvalue weighted by molar-refractivity contribution is -0.132. The number of sulfone groups is 1. The number of benzene rings is 2. The maximum absolute atomic E-state index is 12.9. The summed E-state index contributed by atoms with van der Waals surface area (Å²) >= 11 is 0. The van der Waals surface area contributed by atoms with E-state index in [4.69, 9.17) is 9.84 Å². The molecular formula is C25H31N3O8S.